The molecule has 0 saturated carbocycles. The Morgan fingerprint density at radius 3 is 2.48 bits per heavy atom. The summed E-state index contributed by atoms with van der Waals surface area (Å²) in [5.74, 6) is 0.776. The number of aryl methyl sites for hydroxylation is 1. The van der Waals surface area contributed by atoms with Crippen molar-refractivity contribution >= 4 is 22.6 Å². The monoisotopic (exact) mass is 559 g/mol. The normalized spacial score (nSPS) is 15.6. The summed E-state index contributed by atoms with van der Waals surface area (Å²) >= 11 is 6.58. The van der Waals surface area contributed by atoms with Crippen LogP contribution in [0.4, 0.5) is 0 Å². The lowest BCUT2D eigenvalue weighted by atomic mass is 9.91. The zero-order chi connectivity index (χ0) is 27.9. The Balaban J connectivity index is 1.14. The number of likely N-dealkylation sites (tertiary alicyclic amines) is 1. The van der Waals surface area contributed by atoms with Gasteiger partial charge >= 0.3 is 0 Å². The Morgan fingerprint density at radius 1 is 1.05 bits per heavy atom. The molecule has 10 heteroatoms. The minimum absolute atomic E-state index is 0.0383. The lowest BCUT2D eigenvalue weighted by Crippen LogP contribution is -2.47. The molecular formula is C30H30ClN5O4. The van der Waals surface area contributed by atoms with Gasteiger partial charge in [0.2, 0.25) is 0 Å². The highest BCUT2D eigenvalue weighted by atomic mass is 35.5. The summed E-state index contributed by atoms with van der Waals surface area (Å²) in [6, 6.07) is 17.1. The quantitative estimate of drug-likeness (QED) is 0.307. The maximum Gasteiger partial charge on any atom is 0.281 e. The van der Waals surface area contributed by atoms with E-state index < -0.39 is 5.60 Å². The third-order valence-electron chi connectivity index (χ3n) is 7.73. The number of piperidine rings is 1. The van der Waals surface area contributed by atoms with Crippen molar-refractivity contribution in [2.75, 3.05) is 13.1 Å². The van der Waals surface area contributed by atoms with Gasteiger partial charge in [-0.3, -0.25) is 18.9 Å². The number of aliphatic hydroxyl groups is 2. The minimum atomic E-state index is -1.03. The molecule has 1 saturated heterocycles. The highest BCUT2D eigenvalue weighted by Crippen LogP contribution is 2.30. The van der Waals surface area contributed by atoms with Gasteiger partial charge in [0.15, 0.2) is 5.52 Å². The number of hydrogen-bond donors (Lipinski definition) is 2. The van der Waals surface area contributed by atoms with Crippen molar-refractivity contribution in [3.05, 3.63) is 93.7 Å². The van der Waals surface area contributed by atoms with E-state index in [1.165, 1.54) is 10.9 Å². The Hall–Kier alpha value is -3.76. The van der Waals surface area contributed by atoms with Crippen molar-refractivity contribution in [1.29, 1.82) is 0 Å². The van der Waals surface area contributed by atoms with Crippen LogP contribution in [0.5, 0.6) is 0 Å². The third kappa shape index (κ3) is 5.09. The summed E-state index contributed by atoms with van der Waals surface area (Å²) in [6.45, 7) is 2.14. The maximum absolute atomic E-state index is 13.4. The lowest BCUT2D eigenvalue weighted by Gasteiger charge is -2.38. The Bertz CT molecular complexity index is 1700. The number of aliphatic hydroxyl groups excluding tert-OH is 1. The van der Waals surface area contributed by atoms with Gasteiger partial charge in [-0.1, -0.05) is 48.0 Å². The van der Waals surface area contributed by atoms with Crippen molar-refractivity contribution < 1.29 is 14.6 Å². The van der Waals surface area contributed by atoms with Crippen LogP contribution >= 0.6 is 11.6 Å². The van der Waals surface area contributed by atoms with Crippen molar-refractivity contribution in [1.82, 2.24) is 24.2 Å². The maximum atomic E-state index is 13.4. The molecule has 40 heavy (non-hydrogen) atoms. The summed E-state index contributed by atoms with van der Waals surface area (Å²) in [5, 5.41) is 25.9. The largest absolute Gasteiger partial charge is 0.464 e. The molecule has 0 unspecified atom stereocenters. The van der Waals surface area contributed by atoms with Gasteiger partial charge < -0.3 is 14.6 Å². The fourth-order valence-electron chi connectivity index (χ4n) is 5.41. The van der Waals surface area contributed by atoms with Gasteiger partial charge in [-0.25, -0.2) is 4.98 Å². The molecule has 0 atom stereocenters. The van der Waals surface area contributed by atoms with Crippen LogP contribution in [0.15, 0.2) is 76.4 Å². The SMILES string of the molecule is Cn1nc2c(=O)n(CC3(O)CCN(Cc4ccc(-c5ccco5)cc4Cl)CC3)cnc2c1-c1ccc(CO)cc1. The molecule has 4 heterocycles. The van der Waals surface area contributed by atoms with Crippen LogP contribution in [0, 0.1) is 0 Å². The molecule has 1 aliphatic rings. The first-order chi connectivity index (χ1) is 19.3. The molecule has 3 aromatic heterocycles. The second kappa shape index (κ2) is 10.7. The van der Waals surface area contributed by atoms with Gasteiger partial charge in [0.25, 0.3) is 5.56 Å². The van der Waals surface area contributed by atoms with Crippen LogP contribution in [-0.2, 0) is 26.7 Å². The van der Waals surface area contributed by atoms with E-state index in [0.717, 1.165) is 33.7 Å². The first kappa shape index (κ1) is 26.5. The van der Waals surface area contributed by atoms with E-state index in [1.807, 2.05) is 54.6 Å². The van der Waals surface area contributed by atoms with Gasteiger partial charge in [0.05, 0.1) is 37.0 Å². The smallest absolute Gasteiger partial charge is 0.281 e. The summed E-state index contributed by atoms with van der Waals surface area (Å²) in [4.78, 5) is 20.2. The van der Waals surface area contributed by atoms with E-state index in [1.54, 1.807) is 18.0 Å². The molecule has 1 fully saturated rings. The second-order valence-corrected chi connectivity index (χ2v) is 10.9. The Labute approximate surface area is 235 Å². The van der Waals surface area contributed by atoms with E-state index in [-0.39, 0.29) is 24.2 Å². The third-order valence-corrected chi connectivity index (χ3v) is 8.08. The molecule has 0 aliphatic carbocycles. The summed E-state index contributed by atoms with van der Waals surface area (Å²) in [7, 11) is 1.78. The molecule has 2 aromatic carbocycles. The summed E-state index contributed by atoms with van der Waals surface area (Å²) in [5.41, 5.74) is 3.80. The first-order valence-corrected chi connectivity index (χ1v) is 13.6. The topological polar surface area (TPSA) is 110 Å². The minimum Gasteiger partial charge on any atom is -0.464 e. The van der Waals surface area contributed by atoms with Gasteiger partial charge in [-0.15, -0.1) is 0 Å². The van der Waals surface area contributed by atoms with Crippen LogP contribution < -0.4 is 5.56 Å². The fourth-order valence-corrected chi connectivity index (χ4v) is 5.65. The number of hydrogen-bond acceptors (Lipinski definition) is 7. The number of benzene rings is 2. The molecule has 206 valence electrons. The van der Waals surface area contributed by atoms with Crippen LogP contribution in [0.2, 0.25) is 5.02 Å². The number of furan rings is 1. The summed E-state index contributed by atoms with van der Waals surface area (Å²) in [6.07, 6.45) is 4.18. The number of nitrogens with zero attached hydrogens (tertiary/aromatic N) is 5. The molecule has 6 rings (SSSR count). The average Bonchev–Trinajstić information content (AvgIpc) is 3.61. The van der Waals surface area contributed by atoms with E-state index in [4.69, 9.17) is 16.0 Å². The number of rotatable bonds is 7. The lowest BCUT2D eigenvalue weighted by molar-refractivity contribution is -0.0364. The van der Waals surface area contributed by atoms with Crippen LogP contribution in [-0.4, -0.2) is 53.1 Å². The van der Waals surface area contributed by atoms with Crippen molar-refractivity contribution in [2.24, 2.45) is 7.05 Å². The van der Waals surface area contributed by atoms with Crippen LogP contribution in [0.25, 0.3) is 33.6 Å². The predicted molar refractivity (Wildman–Crippen MR) is 153 cm³/mol. The zero-order valence-electron chi connectivity index (χ0n) is 22.1. The molecule has 9 nitrogen and oxygen atoms in total. The van der Waals surface area contributed by atoms with Gasteiger partial charge in [-0.2, -0.15) is 5.10 Å². The van der Waals surface area contributed by atoms with Gasteiger partial charge in [0, 0.05) is 42.8 Å². The highest BCUT2D eigenvalue weighted by Gasteiger charge is 2.33. The van der Waals surface area contributed by atoms with Crippen LogP contribution in [0.1, 0.15) is 24.0 Å². The second-order valence-electron chi connectivity index (χ2n) is 10.5. The number of halogens is 1. The number of aromatic nitrogens is 4. The van der Waals surface area contributed by atoms with Crippen LogP contribution in [0.3, 0.4) is 0 Å². The zero-order valence-corrected chi connectivity index (χ0v) is 22.9. The van der Waals surface area contributed by atoms with Crippen molar-refractivity contribution in [3.63, 3.8) is 0 Å². The van der Waals surface area contributed by atoms with E-state index in [0.29, 0.717) is 43.0 Å². The van der Waals surface area contributed by atoms with Gasteiger partial charge in [-0.05, 0) is 42.2 Å². The standard InChI is InChI=1S/C30H30ClN5O4/c1-34-28(21-6-4-20(17-37)5-7-21)26-27(33-34)29(38)36(19-32-26)18-30(39)10-12-35(13-11-30)16-23-9-8-22(15-24(23)31)25-3-2-14-40-25/h2-9,14-15,19,37,39H,10-13,16-18H2,1H3. The van der Waals surface area contributed by atoms with E-state index >= 15 is 0 Å². The molecule has 2 N–H and O–H groups in total. The van der Waals surface area contributed by atoms with Gasteiger partial charge in [0.1, 0.15) is 11.3 Å². The van der Waals surface area contributed by atoms with Crippen molar-refractivity contribution in [2.45, 2.75) is 38.1 Å². The van der Waals surface area contributed by atoms with Crippen molar-refractivity contribution in [3.8, 4) is 22.6 Å². The van der Waals surface area contributed by atoms with E-state index in [9.17, 15) is 15.0 Å². The Morgan fingerprint density at radius 2 is 1.80 bits per heavy atom. The highest BCUT2D eigenvalue weighted by molar-refractivity contribution is 6.31. The first-order valence-electron chi connectivity index (χ1n) is 13.2. The molecule has 0 amide bonds. The molecule has 1 aliphatic heterocycles. The predicted octanol–water partition coefficient (Wildman–Crippen LogP) is 4.23. The Kier molecular flexibility index (Phi) is 7.06. The molecule has 0 spiro atoms. The summed E-state index contributed by atoms with van der Waals surface area (Å²) < 4.78 is 8.58. The molecular weight excluding hydrogens is 530 g/mol. The molecule has 0 bridgehead atoms. The fraction of sp³-hybridized carbons (Fsp3) is 0.300. The average molecular weight is 560 g/mol. The molecule has 5 aromatic rings. The van der Waals surface area contributed by atoms with E-state index in [2.05, 4.69) is 15.0 Å². The molecule has 0 radical (unpaired) electrons. The number of fused-ring (bicyclic) bond motifs is 1.